The van der Waals surface area contributed by atoms with Crippen LogP contribution in [0.2, 0.25) is 0 Å². The van der Waals surface area contributed by atoms with E-state index in [9.17, 15) is 0 Å². The highest BCUT2D eigenvalue weighted by Crippen LogP contribution is 2.18. The van der Waals surface area contributed by atoms with Gasteiger partial charge in [-0.05, 0) is 11.4 Å². The molecule has 0 radical (unpaired) electrons. The van der Waals surface area contributed by atoms with E-state index in [0.717, 1.165) is 18.1 Å². The third-order valence-electron chi connectivity index (χ3n) is 2.12. The highest BCUT2D eigenvalue weighted by molar-refractivity contribution is 7.09. The van der Waals surface area contributed by atoms with Crippen LogP contribution in [0.4, 0.5) is 5.82 Å². The Morgan fingerprint density at radius 1 is 1.53 bits per heavy atom. The Kier molecular flexibility index (Phi) is 3.06. The van der Waals surface area contributed by atoms with Crippen LogP contribution in [0.15, 0.2) is 28.1 Å². The lowest BCUT2D eigenvalue weighted by Crippen LogP contribution is -1.96. The van der Waals surface area contributed by atoms with E-state index in [4.69, 9.17) is 4.52 Å². The second-order valence-electron chi connectivity index (χ2n) is 3.70. The molecule has 0 aromatic carbocycles. The van der Waals surface area contributed by atoms with Gasteiger partial charge in [-0.3, -0.25) is 0 Å². The molecule has 0 amide bonds. The molecule has 0 fully saturated rings. The van der Waals surface area contributed by atoms with E-state index < -0.39 is 0 Å². The number of nitrogens with zero attached hydrogens (tertiary/aromatic N) is 1. The Morgan fingerprint density at radius 3 is 3.00 bits per heavy atom. The molecule has 4 heteroatoms. The van der Waals surface area contributed by atoms with Gasteiger partial charge in [0.05, 0.1) is 6.54 Å². The number of hydrogen-bond donors (Lipinski definition) is 1. The lowest BCUT2D eigenvalue weighted by Gasteiger charge is -1.97. The number of thiophene rings is 1. The van der Waals surface area contributed by atoms with Gasteiger partial charge in [-0.15, -0.1) is 11.3 Å². The molecular formula is C11H14N2OS. The first-order valence-electron chi connectivity index (χ1n) is 4.98. The number of aromatic nitrogens is 1. The fourth-order valence-electron chi connectivity index (χ4n) is 1.24. The number of rotatable bonds is 4. The van der Waals surface area contributed by atoms with Crippen LogP contribution in [0.3, 0.4) is 0 Å². The minimum absolute atomic E-state index is 0.384. The lowest BCUT2D eigenvalue weighted by molar-refractivity contribution is 0.373. The first kappa shape index (κ1) is 10.2. The molecule has 0 bridgehead atoms. The Balaban J connectivity index is 1.94. The van der Waals surface area contributed by atoms with E-state index in [0.29, 0.717) is 5.92 Å². The molecule has 0 spiro atoms. The van der Waals surface area contributed by atoms with Gasteiger partial charge in [-0.25, -0.2) is 0 Å². The standard InChI is InChI=1S/C11H14N2OS/c1-8(2)10-6-11(13-14-10)12-7-9-4-3-5-15-9/h3-6,8H,7H2,1-2H3,(H,12,13). The Hall–Kier alpha value is -1.29. The second kappa shape index (κ2) is 4.49. The SMILES string of the molecule is CC(C)c1cc(NCc2cccs2)no1. The second-order valence-corrected chi connectivity index (χ2v) is 4.73. The molecule has 15 heavy (non-hydrogen) atoms. The summed E-state index contributed by atoms with van der Waals surface area (Å²) in [5.74, 6) is 2.12. The molecule has 0 aliphatic rings. The van der Waals surface area contributed by atoms with E-state index in [1.807, 2.05) is 12.1 Å². The van der Waals surface area contributed by atoms with Gasteiger partial charge in [0, 0.05) is 16.9 Å². The zero-order chi connectivity index (χ0) is 10.7. The van der Waals surface area contributed by atoms with Crippen LogP contribution in [-0.4, -0.2) is 5.16 Å². The summed E-state index contributed by atoms with van der Waals surface area (Å²) in [7, 11) is 0. The molecule has 3 nitrogen and oxygen atoms in total. The molecule has 0 atom stereocenters. The molecule has 0 saturated heterocycles. The summed E-state index contributed by atoms with van der Waals surface area (Å²) >= 11 is 1.73. The van der Waals surface area contributed by atoms with E-state index >= 15 is 0 Å². The minimum atomic E-state index is 0.384. The van der Waals surface area contributed by atoms with Crippen molar-refractivity contribution in [3.8, 4) is 0 Å². The summed E-state index contributed by atoms with van der Waals surface area (Å²) in [5, 5.41) is 9.25. The van der Waals surface area contributed by atoms with Crippen molar-refractivity contribution in [2.75, 3.05) is 5.32 Å². The van der Waals surface area contributed by atoms with Crippen LogP contribution in [0.1, 0.15) is 30.4 Å². The van der Waals surface area contributed by atoms with Crippen molar-refractivity contribution in [2.24, 2.45) is 0 Å². The number of hydrogen-bond acceptors (Lipinski definition) is 4. The molecule has 80 valence electrons. The molecule has 2 heterocycles. The number of nitrogens with one attached hydrogen (secondary N) is 1. The Bertz CT molecular complexity index is 406. The van der Waals surface area contributed by atoms with Gasteiger partial charge >= 0.3 is 0 Å². The van der Waals surface area contributed by atoms with E-state index in [1.165, 1.54) is 4.88 Å². The summed E-state index contributed by atoms with van der Waals surface area (Å²) in [4.78, 5) is 1.30. The van der Waals surface area contributed by atoms with Crippen LogP contribution in [0.25, 0.3) is 0 Å². The van der Waals surface area contributed by atoms with Gasteiger partial charge in [0.2, 0.25) is 0 Å². The zero-order valence-electron chi connectivity index (χ0n) is 8.86. The fourth-order valence-corrected chi connectivity index (χ4v) is 1.88. The fraction of sp³-hybridized carbons (Fsp3) is 0.364. The number of anilines is 1. The van der Waals surface area contributed by atoms with Gasteiger partial charge in [-0.1, -0.05) is 25.1 Å². The quantitative estimate of drug-likeness (QED) is 0.860. The topological polar surface area (TPSA) is 38.1 Å². The van der Waals surface area contributed by atoms with Crippen LogP contribution in [0, 0.1) is 0 Å². The van der Waals surface area contributed by atoms with Crippen LogP contribution < -0.4 is 5.32 Å². The molecule has 2 aromatic heterocycles. The zero-order valence-corrected chi connectivity index (χ0v) is 9.67. The van der Waals surface area contributed by atoms with Gasteiger partial charge in [-0.2, -0.15) is 0 Å². The van der Waals surface area contributed by atoms with Crippen molar-refractivity contribution in [2.45, 2.75) is 26.3 Å². The van der Waals surface area contributed by atoms with Crippen molar-refractivity contribution < 1.29 is 4.52 Å². The average molecular weight is 222 g/mol. The summed E-state index contributed by atoms with van der Waals surface area (Å²) in [6, 6.07) is 6.10. The molecular weight excluding hydrogens is 208 g/mol. The van der Waals surface area contributed by atoms with E-state index in [1.54, 1.807) is 11.3 Å². The predicted molar refractivity (Wildman–Crippen MR) is 62.2 cm³/mol. The summed E-state index contributed by atoms with van der Waals surface area (Å²) in [6.45, 7) is 4.98. The third-order valence-corrected chi connectivity index (χ3v) is 3.00. The molecule has 0 aliphatic carbocycles. The van der Waals surface area contributed by atoms with Crippen molar-refractivity contribution in [3.63, 3.8) is 0 Å². The monoisotopic (exact) mass is 222 g/mol. The predicted octanol–water partition coefficient (Wildman–Crippen LogP) is 3.47. The highest BCUT2D eigenvalue weighted by Gasteiger charge is 2.07. The van der Waals surface area contributed by atoms with Gasteiger partial charge in [0.15, 0.2) is 5.82 Å². The molecule has 2 aromatic rings. The molecule has 0 aliphatic heterocycles. The normalized spacial score (nSPS) is 10.9. The summed E-state index contributed by atoms with van der Waals surface area (Å²) in [6.07, 6.45) is 0. The maximum atomic E-state index is 5.19. The summed E-state index contributed by atoms with van der Waals surface area (Å²) < 4.78 is 5.19. The van der Waals surface area contributed by atoms with Crippen LogP contribution >= 0.6 is 11.3 Å². The van der Waals surface area contributed by atoms with E-state index in [2.05, 4.69) is 35.8 Å². The highest BCUT2D eigenvalue weighted by atomic mass is 32.1. The lowest BCUT2D eigenvalue weighted by atomic mass is 10.2. The van der Waals surface area contributed by atoms with Gasteiger partial charge in [0.25, 0.3) is 0 Å². The van der Waals surface area contributed by atoms with Crippen LogP contribution in [0.5, 0.6) is 0 Å². The molecule has 0 unspecified atom stereocenters. The van der Waals surface area contributed by atoms with Crippen molar-refractivity contribution >= 4 is 17.2 Å². The third kappa shape index (κ3) is 2.59. The first-order chi connectivity index (χ1) is 7.25. The maximum Gasteiger partial charge on any atom is 0.169 e. The molecule has 0 saturated carbocycles. The van der Waals surface area contributed by atoms with Gasteiger partial charge < -0.3 is 9.84 Å². The molecule has 1 N–H and O–H groups in total. The van der Waals surface area contributed by atoms with Crippen LogP contribution in [-0.2, 0) is 6.54 Å². The van der Waals surface area contributed by atoms with Crippen molar-refractivity contribution in [1.82, 2.24) is 5.16 Å². The van der Waals surface area contributed by atoms with Crippen molar-refractivity contribution in [3.05, 3.63) is 34.2 Å². The minimum Gasteiger partial charge on any atom is -0.362 e. The Morgan fingerprint density at radius 2 is 2.40 bits per heavy atom. The molecule has 2 rings (SSSR count). The maximum absolute atomic E-state index is 5.19. The largest absolute Gasteiger partial charge is 0.362 e. The van der Waals surface area contributed by atoms with Crippen molar-refractivity contribution in [1.29, 1.82) is 0 Å². The smallest absolute Gasteiger partial charge is 0.169 e. The Labute approximate surface area is 93.1 Å². The summed E-state index contributed by atoms with van der Waals surface area (Å²) in [5.41, 5.74) is 0. The average Bonchev–Trinajstić information content (AvgIpc) is 2.86. The van der Waals surface area contributed by atoms with E-state index in [-0.39, 0.29) is 0 Å². The van der Waals surface area contributed by atoms with Gasteiger partial charge in [0.1, 0.15) is 5.76 Å². The first-order valence-corrected chi connectivity index (χ1v) is 5.86.